The van der Waals surface area contributed by atoms with Crippen LogP contribution in [-0.4, -0.2) is 49.2 Å². The van der Waals surface area contributed by atoms with E-state index in [4.69, 9.17) is 4.74 Å². The first-order chi connectivity index (χ1) is 10.7. The second-order valence-corrected chi connectivity index (χ2v) is 5.13. The predicted octanol–water partition coefficient (Wildman–Crippen LogP) is 1.01. The molecule has 0 spiro atoms. The molecule has 0 atom stereocenters. The van der Waals surface area contributed by atoms with Crippen LogP contribution in [0.3, 0.4) is 0 Å². The third-order valence-corrected chi connectivity index (χ3v) is 3.52. The van der Waals surface area contributed by atoms with Crippen LogP contribution in [-0.2, 0) is 9.59 Å². The van der Waals surface area contributed by atoms with Crippen molar-refractivity contribution < 1.29 is 19.1 Å². The van der Waals surface area contributed by atoms with E-state index >= 15 is 0 Å². The number of hydrogen-bond donors (Lipinski definition) is 1. The van der Waals surface area contributed by atoms with E-state index in [-0.39, 0.29) is 18.4 Å². The molecule has 0 bridgehead atoms. The summed E-state index contributed by atoms with van der Waals surface area (Å²) >= 11 is 0. The summed E-state index contributed by atoms with van der Waals surface area (Å²) in [6.07, 6.45) is 3.10. The molecule has 1 aromatic carbocycles. The fourth-order valence-electron chi connectivity index (χ4n) is 2.34. The fraction of sp³-hybridized carbons (Fsp3) is 0.438. The second-order valence-electron chi connectivity index (χ2n) is 5.13. The summed E-state index contributed by atoms with van der Waals surface area (Å²) in [5, 5.41) is 2.64. The zero-order valence-corrected chi connectivity index (χ0v) is 12.4. The highest BCUT2D eigenvalue weighted by Crippen LogP contribution is 2.15. The lowest BCUT2D eigenvalue weighted by atomic mass is 10.2. The van der Waals surface area contributed by atoms with Gasteiger partial charge in [0.15, 0.2) is 12.9 Å². The van der Waals surface area contributed by atoms with Crippen LogP contribution in [0, 0.1) is 0 Å². The maximum absolute atomic E-state index is 11.8. The van der Waals surface area contributed by atoms with E-state index in [9.17, 15) is 14.4 Å². The van der Waals surface area contributed by atoms with E-state index in [1.165, 1.54) is 0 Å². The van der Waals surface area contributed by atoms with Gasteiger partial charge in [-0.2, -0.15) is 0 Å². The van der Waals surface area contributed by atoms with Gasteiger partial charge in [0.1, 0.15) is 5.75 Å². The van der Waals surface area contributed by atoms with Crippen LogP contribution in [0.2, 0.25) is 0 Å². The standard InChI is InChI=1S/C16H20N2O4/c19-11-13-5-1-2-6-14(13)22-12-15(20)17-8-7-16(21)18-9-3-4-10-18/h1-2,5-6,11H,3-4,7-10,12H2,(H,17,20). The summed E-state index contributed by atoms with van der Waals surface area (Å²) in [4.78, 5) is 36.1. The van der Waals surface area contributed by atoms with E-state index in [1.54, 1.807) is 24.3 Å². The summed E-state index contributed by atoms with van der Waals surface area (Å²) in [5.41, 5.74) is 0.402. The summed E-state index contributed by atoms with van der Waals surface area (Å²) in [5.74, 6) is 0.140. The van der Waals surface area contributed by atoms with Gasteiger partial charge < -0.3 is 15.0 Å². The van der Waals surface area contributed by atoms with Gasteiger partial charge >= 0.3 is 0 Å². The molecule has 0 aliphatic carbocycles. The van der Waals surface area contributed by atoms with E-state index in [0.717, 1.165) is 25.9 Å². The number of nitrogens with zero attached hydrogens (tertiary/aromatic N) is 1. The molecule has 0 unspecified atom stereocenters. The molecule has 118 valence electrons. The molecule has 1 aliphatic rings. The Labute approximate surface area is 129 Å². The fourth-order valence-corrected chi connectivity index (χ4v) is 2.34. The van der Waals surface area contributed by atoms with Crippen LogP contribution < -0.4 is 10.1 Å². The molecule has 22 heavy (non-hydrogen) atoms. The number of amides is 2. The van der Waals surface area contributed by atoms with Crippen LogP contribution >= 0.6 is 0 Å². The molecule has 1 fully saturated rings. The highest BCUT2D eigenvalue weighted by atomic mass is 16.5. The molecule has 2 amide bonds. The third kappa shape index (κ3) is 4.58. The van der Waals surface area contributed by atoms with Crippen molar-refractivity contribution in [1.29, 1.82) is 0 Å². The number of carbonyl (C=O) groups excluding carboxylic acids is 3. The van der Waals surface area contributed by atoms with E-state index < -0.39 is 0 Å². The first kappa shape index (κ1) is 16.0. The van der Waals surface area contributed by atoms with E-state index in [1.807, 2.05) is 4.90 Å². The average Bonchev–Trinajstić information content (AvgIpc) is 3.07. The Balaban J connectivity index is 1.67. The van der Waals surface area contributed by atoms with E-state index in [0.29, 0.717) is 30.6 Å². The molecule has 0 aromatic heterocycles. The van der Waals surface area contributed by atoms with Gasteiger partial charge in [-0.05, 0) is 25.0 Å². The summed E-state index contributed by atoms with van der Waals surface area (Å²) in [6.45, 7) is 1.76. The number of ether oxygens (including phenoxy) is 1. The Hall–Kier alpha value is -2.37. The average molecular weight is 304 g/mol. The lowest BCUT2D eigenvalue weighted by molar-refractivity contribution is -0.130. The Morgan fingerprint density at radius 1 is 1.23 bits per heavy atom. The molecule has 1 aliphatic heterocycles. The van der Waals surface area contributed by atoms with Crippen molar-refractivity contribution in [2.24, 2.45) is 0 Å². The molecule has 0 saturated carbocycles. The number of aldehydes is 1. The summed E-state index contributed by atoms with van der Waals surface area (Å²) in [7, 11) is 0. The molecular weight excluding hydrogens is 284 g/mol. The zero-order chi connectivity index (χ0) is 15.8. The van der Waals surface area contributed by atoms with Gasteiger partial charge in [-0.15, -0.1) is 0 Å². The van der Waals surface area contributed by atoms with Gasteiger partial charge in [-0.3, -0.25) is 14.4 Å². The highest BCUT2D eigenvalue weighted by Gasteiger charge is 2.17. The largest absolute Gasteiger partial charge is 0.483 e. The lowest BCUT2D eigenvalue weighted by Crippen LogP contribution is -2.34. The van der Waals surface area contributed by atoms with Crippen LogP contribution in [0.15, 0.2) is 24.3 Å². The number of benzene rings is 1. The normalized spacial score (nSPS) is 13.7. The van der Waals surface area contributed by atoms with Crippen LogP contribution in [0.4, 0.5) is 0 Å². The molecule has 1 N–H and O–H groups in total. The number of para-hydroxylation sites is 1. The van der Waals surface area contributed by atoms with Gasteiger partial charge in [0.05, 0.1) is 5.56 Å². The Morgan fingerprint density at radius 2 is 1.95 bits per heavy atom. The molecule has 1 aromatic rings. The smallest absolute Gasteiger partial charge is 0.257 e. The number of nitrogens with one attached hydrogen (secondary N) is 1. The van der Waals surface area contributed by atoms with E-state index in [2.05, 4.69) is 5.32 Å². The molecule has 1 saturated heterocycles. The van der Waals surface area contributed by atoms with Crippen molar-refractivity contribution in [2.75, 3.05) is 26.2 Å². The quantitative estimate of drug-likeness (QED) is 0.763. The minimum Gasteiger partial charge on any atom is -0.483 e. The topological polar surface area (TPSA) is 75.7 Å². The highest BCUT2D eigenvalue weighted by molar-refractivity contribution is 5.81. The maximum Gasteiger partial charge on any atom is 0.257 e. The first-order valence-corrected chi connectivity index (χ1v) is 7.42. The minimum atomic E-state index is -0.310. The maximum atomic E-state index is 11.8. The molecular formula is C16H20N2O4. The Morgan fingerprint density at radius 3 is 2.68 bits per heavy atom. The third-order valence-electron chi connectivity index (χ3n) is 3.52. The zero-order valence-electron chi connectivity index (χ0n) is 12.4. The SMILES string of the molecule is O=Cc1ccccc1OCC(=O)NCCC(=O)N1CCCC1. The van der Waals surface area contributed by atoms with Crippen LogP contribution in [0.5, 0.6) is 5.75 Å². The molecule has 6 heteroatoms. The van der Waals surface area contributed by atoms with Gasteiger partial charge in [-0.1, -0.05) is 12.1 Å². The monoisotopic (exact) mass is 304 g/mol. The van der Waals surface area contributed by atoms with Crippen molar-refractivity contribution in [3.63, 3.8) is 0 Å². The predicted molar refractivity (Wildman–Crippen MR) is 80.8 cm³/mol. The molecule has 6 nitrogen and oxygen atoms in total. The first-order valence-electron chi connectivity index (χ1n) is 7.42. The van der Waals surface area contributed by atoms with Crippen LogP contribution in [0.25, 0.3) is 0 Å². The van der Waals surface area contributed by atoms with Gasteiger partial charge in [0.2, 0.25) is 5.91 Å². The minimum absolute atomic E-state index is 0.0741. The number of carbonyl (C=O) groups is 3. The second kappa shape index (κ2) is 8.17. The van der Waals surface area contributed by atoms with Gasteiger partial charge in [0, 0.05) is 26.1 Å². The van der Waals surface area contributed by atoms with Crippen molar-refractivity contribution in [1.82, 2.24) is 10.2 Å². The summed E-state index contributed by atoms with van der Waals surface area (Å²) in [6, 6.07) is 6.71. The van der Waals surface area contributed by atoms with Gasteiger partial charge in [-0.25, -0.2) is 0 Å². The van der Waals surface area contributed by atoms with Crippen molar-refractivity contribution in [3.05, 3.63) is 29.8 Å². The number of hydrogen-bond acceptors (Lipinski definition) is 4. The summed E-state index contributed by atoms with van der Waals surface area (Å²) < 4.78 is 5.31. The number of rotatable bonds is 7. The van der Waals surface area contributed by atoms with Crippen molar-refractivity contribution >= 4 is 18.1 Å². The van der Waals surface area contributed by atoms with Crippen molar-refractivity contribution in [3.8, 4) is 5.75 Å². The van der Waals surface area contributed by atoms with Crippen LogP contribution in [0.1, 0.15) is 29.6 Å². The van der Waals surface area contributed by atoms with Crippen molar-refractivity contribution in [2.45, 2.75) is 19.3 Å². The molecule has 2 rings (SSSR count). The Bertz CT molecular complexity index is 539. The lowest BCUT2D eigenvalue weighted by Gasteiger charge is -2.15. The number of likely N-dealkylation sites (tertiary alicyclic amines) is 1. The Kier molecular flexibility index (Phi) is 5.94. The molecule has 1 heterocycles. The molecule has 0 radical (unpaired) electrons. The van der Waals surface area contributed by atoms with Gasteiger partial charge in [0.25, 0.3) is 5.91 Å².